The lowest BCUT2D eigenvalue weighted by molar-refractivity contribution is 0.561. The average Bonchev–Trinajstić information content (AvgIpc) is 2.44. The molecule has 1 aromatic carbocycles. The molecule has 124 valence electrons. The maximum absolute atomic E-state index is 12.4. The largest absolute Gasteiger partial charge is 0.591 e. The summed E-state index contributed by atoms with van der Waals surface area (Å²) in [4.78, 5) is 12.4. The SMILES string of the molecule is CC(=N[S+]([O-])C(C)(C)C)c1cc(C)cc2c(=O)n(C)c(Cl)cc12. The number of hydrogen-bond donors (Lipinski definition) is 0. The molecule has 2 rings (SSSR count). The first kappa shape index (κ1) is 18.0. The van der Waals surface area contributed by atoms with Gasteiger partial charge in [0.25, 0.3) is 5.56 Å². The average molecular weight is 353 g/mol. The molecule has 23 heavy (non-hydrogen) atoms. The number of nitrogens with zero attached hydrogens (tertiary/aromatic N) is 2. The number of pyridine rings is 1. The number of aromatic nitrogens is 1. The second-order valence-corrected chi connectivity index (χ2v) is 8.94. The second-order valence-electron chi connectivity index (χ2n) is 6.64. The minimum absolute atomic E-state index is 0.151. The molecule has 0 fully saturated rings. The van der Waals surface area contributed by atoms with E-state index in [4.69, 9.17) is 11.6 Å². The minimum atomic E-state index is -1.36. The van der Waals surface area contributed by atoms with Crippen molar-refractivity contribution < 1.29 is 4.55 Å². The predicted molar refractivity (Wildman–Crippen MR) is 99.0 cm³/mol. The Morgan fingerprint density at radius 1 is 1.26 bits per heavy atom. The third-order valence-electron chi connectivity index (χ3n) is 3.58. The lowest BCUT2D eigenvalue weighted by atomic mass is 10.00. The monoisotopic (exact) mass is 352 g/mol. The number of halogens is 1. The summed E-state index contributed by atoms with van der Waals surface area (Å²) in [6.45, 7) is 9.36. The van der Waals surface area contributed by atoms with Crippen LogP contribution in [0.5, 0.6) is 0 Å². The van der Waals surface area contributed by atoms with Gasteiger partial charge >= 0.3 is 0 Å². The third kappa shape index (κ3) is 3.62. The van der Waals surface area contributed by atoms with Crippen molar-refractivity contribution in [1.29, 1.82) is 0 Å². The van der Waals surface area contributed by atoms with Crippen LogP contribution in [0.25, 0.3) is 10.8 Å². The molecule has 0 radical (unpaired) electrons. The van der Waals surface area contributed by atoms with Gasteiger partial charge in [-0.25, -0.2) is 0 Å². The Kier molecular flexibility index (Phi) is 4.95. The number of fused-ring (bicyclic) bond motifs is 1. The van der Waals surface area contributed by atoms with Crippen LogP contribution in [0.4, 0.5) is 0 Å². The Balaban J connectivity index is 2.75. The van der Waals surface area contributed by atoms with E-state index in [2.05, 4.69) is 4.40 Å². The van der Waals surface area contributed by atoms with Gasteiger partial charge in [0.2, 0.25) is 0 Å². The first-order chi connectivity index (χ1) is 10.5. The maximum atomic E-state index is 12.4. The fraction of sp³-hybridized carbons (Fsp3) is 0.412. The molecule has 1 aromatic heterocycles. The molecule has 0 aliphatic heterocycles. The lowest BCUT2D eigenvalue weighted by Crippen LogP contribution is -2.26. The van der Waals surface area contributed by atoms with E-state index >= 15 is 0 Å². The lowest BCUT2D eigenvalue weighted by Gasteiger charge is -2.19. The molecule has 0 saturated heterocycles. The van der Waals surface area contributed by atoms with Crippen LogP contribution in [0.2, 0.25) is 5.15 Å². The van der Waals surface area contributed by atoms with Crippen molar-refractivity contribution >= 4 is 39.4 Å². The molecule has 6 heteroatoms. The molecule has 1 unspecified atom stereocenters. The summed E-state index contributed by atoms with van der Waals surface area (Å²) in [6.07, 6.45) is 0. The van der Waals surface area contributed by atoms with Gasteiger partial charge in [-0.2, -0.15) is 0 Å². The van der Waals surface area contributed by atoms with Crippen LogP contribution in [0.15, 0.2) is 27.4 Å². The highest BCUT2D eigenvalue weighted by molar-refractivity contribution is 7.91. The van der Waals surface area contributed by atoms with E-state index in [0.717, 1.165) is 16.5 Å². The van der Waals surface area contributed by atoms with Gasteiger partial charge in [-0.05, 0) is 63.8 Å². The highest BCUT2D eigenvalue weighted by atomic mass is 35.5. The number of benzene rings is 1. The minimum Gasteiger partial charge on any atom is -0.591 e. The van der Waals surface area contributed by atoms with Crippen molar-refractivity contribution in [1.82, 2.24) is 4.57 Å². The quantitative estimate of drug-likeness (QED) is 0.469. The van der Waals surface area contributed by atoms with Crippen molar-refractivity contribution in [2.45, 2.75) is 39.4 Å². The molecular formula is C17H21ClN2O2S. The van der Waals surface area contributed by atoms with Crippen LogP contribution in [0, 0.1) is 6.92 Å². The Hall–Kier alpha value is -1.30. The summed E-state index contributed by atoms with van der Waals surface area (Å²) in [5, 5.41) is 1.68. The summed E-state index contributed by atoms with van der Waals surface area (Å²) in [7, 11) is 1.64. The zero-order valence-corrected chi connectivity index (χ0v) is 15.8. The standard InChI is InChI=1S/C17H21ClN2O2S/c1-10-7-12(11(2)19-23(22)17(3,4)5)13-9-15(18)20(6)16(21)14(13)8-10/h7-9H,1-6H3. The normalized spacial score (nSPS) is 14.3. The summed E-state index contributed by atoms with van der Waals surface area (Å²) in [6, 6.07) is 5.54. The van der Waals surface area contributed by atoms with E-state index in [-0.39, 0.29) is 5.56 Å². The van der Waals surface area contributed by atoms with Gasteiger partial charge in [-0.3, -0.25) is 4.79 Å². The molecule has 0 spiro atoms. The Morgan fingerprint density at radius 3 is 2.43 bits per heavy atom. The Morgan fingerprint density at radius 2 is 1.87 bits per heavy atom. The Bertz CT molecular complexity index is 850. The van der Waals surface area contributed by atoms with Crippen molar-refractivity contribution in [3.8, 4) is 0 Å². The van der Waals surface area contributed by atoms with E-state index in [1.165, 1.54) is 4.57 Å². The van der Waals surface area contributed by atoms with Gasteiger partial charge in [-0.15, -0.1) is 0 Å². The number of hydrogen-bond acceptors (Lipinski definition) is 3. The van der Waals surface area contributed by atoms with Gasteiger partial charge in [-0.1, -0.05) is 16.0 Å². The molecular weight excluding hydrogens is 332 g/mol. The van der Waals surface area contributed by atoms with E-state index in [0.29, 0.717) is 16.3 Å². The van der Waals surface area contributed by atoms with Crippen molar-refractivity contribution in [2.75, 3.05) is 0 Å². The van der Waals surface area contributed by atoms with Crippen LogP contribution >= 0.6 is 11.6 Å². The van der Waals surface area contributed by atoms with E-state index < -0.39 is 16.1 Å². The molecule has 1 atom stereocenters. The molecule has 0 aliphatic carbocycles. The van der Waals surface area contributed by atoms with Gasteiger partial charge in [0.05, 0.1) is 5.71 Å². The first-order valence-corrected chi connectivity index (χ1v) is 8.78. The summed E-state index contributed by atoms with van der Waals surface area (Å²) < 4.78 is 17.6. The fourth-order valence-electron chi connectivity index (χ4n) is 2.23. The summed E-state index contributed by atoms with van der Waals surface area (Å²) >= 11 is 4.79. The molecule has 0 bridgehead atoms. The molecule has 0 amide bonds. The van der Waals surface area contributed by atoms with Crippen LogP contribution in [-0.2, 0) is 18.4 Å². The third-order valence-corrected chi connectivity index (χ3v) is 5.43. The van der Waals surface area contributed by atoms with E-state index in [9.17, 15) is 9.35 Å². The highest BCUT2D eigenvalue weighted by Crippen LogP contribution is 2.24. The van der Waals surface area contributed by atoms with Crippen molar-refractivity contribution in [3.05, 3.63) is 44.8 Å². The van der Waals surface area contributed by atoms with Crippen LogP contribution in [-0.4, -0.2) is 19.6 Å². The van der Waals surface area contributed by atoms with Gasteiger partial charge in [0.15, 0.2) is 0 Å². The fourth-order valence-corrected chi connectivity index (χ4v) is 3.04. The van der Waals surface area contributed by atoms with Gasteiger partial charge < -0.3 is 9.12 Å². The second kappa shape index (κ2) is 6.30. The van der Waals surface area contributed by atoms with E-state index in [1.54, 1.807) is 13.1 Å². The van der Waals surface area contributed by atoms with Crippen LogP contribution < -0.4 is 5.56 Å². The molecule has 2 aromatic rings. The zero-order chi connectivity index (χ0) is 17.5. The molecule has 0 saturated carbocycles. The summed E-state index contributed by atoms with van der Waals surface area (Å²) in [5.74, 6) is 0. The number of aryl methyl sites for hydroxylation is 1. The molecule has 4 nitrogen and oxygen atoms in total. The molecule has 0 aliphatic rings. The maximum Gasteiger partial charge on any atom is 0.259 e. The molecule has 0 N–H and O–H groups in total. The smallest absolute Gasteiger partial charge is 0.259 e. The van der Waals surface area contributed by atoms with Gasteiger partial charge in [0, 0.05) is 18.0 Å². The first-order valence-electron chi connectivity index (χ1n) is 7.30. The van der Waals surface area contributed by atoms with Crippen LogP contribution in [0.1, 0.15) is 38.8 Å². The highest BCUT2D eigenvalue weighted by Gasteiger charge is 2.27. The Labute approximate surface area is 144 Å². The van der Waals surface area contributed by atoms with Crippen molar-refractivity contribution in [3.63, 3.8) is 0 Å². The van der Waals surface area contributed by atoms with Crippen LogP contribution in [0.3, 0.4) is 0 Å². The topological polar surface area (TPSA) is 57.4 Å². The zero-order valence-electron chi connectivity index (χ0n) is 14.2. The van der Waals surface area contributed by atoms with Crippen molar-refractivity contribution in [2.24, 2.45) is 11.4 Å². The van der Waals surface area contributed by atoms with Gasteiger partial charge in [0.1, 0.15) is 21.3 Å². The molecule has 1 heterocycles. The predicted octanol–water partition coefficient (Wildman–Crippen LogP) is 3.77. The summed E-state index contributed by atoms with van der Waals surface area (Å²) in [5.41, 5.74) is 2.22. The van der Waals surface area contributed by atoms with E-state index in [1.807, 2.05) is 46.8 Å². The number of rotatable bonds is 2.